The van der Waals surface area contributed by atoms with Gasteiger partial charge in [-0.1, -0.05) is 17.7 Å². The zero-order chi connectivity index (χ0) is 21.3. The highest BCUT2D eigenvalue weighted by atomic mass is 35.5. The van der Waals surface area contributed by atoms with Crippen LogP contribution < -0.4 is 5.32 Å². The van der Waals surface area contributed by atoms with Crippen molar-refractivity contribution in [2.24, 2.45) is 0 Å². The van der Waals surface area contributed by atoms with E-state index in [1.54, 1.807) is 18.2 Å². The number of aromatic nitrogens is 3. The van der Waals surface area contributed by atoms with Crippen LogP contribution in [0, 0.1) is 18.6 Å². The zero-order valence-corrected chi connectivity index (χ0v) is 16.5. The fourth-order valence-corrected chi connectivity index (χ4v) is 2.99. The van der Waals surface area contributed by atoms with Gasteiger partial charge in [-0.3, -0.25) is 4.79 Å². The normalized spacial score (nSPS) is 10.8. The molecular weight excluding hydrogens is 410 g/mol. The number of nitrogens with one attached hydrogen (secondary N) is 1. The van der Waals surface area contributed by atoms with Gasteiger partial charge in [0.25, 0.3) is 5.91 Å². The average Bonchev–Trinajstić information content (AvgIpc) is 3.17. The first-order chi connectivity index (χ1) is 14.4. The largest absolute Gasteiger partial charge is 0.319 e. The van der Waals surface area contributed by atoms with E-state index in [4.69, 9.17) is 11.6 Å². The molecule has 0 aliphatic rings. The van der Waals surface area contributed by atoms with Crippen molar-refractivity contribution in [3.05, 3.63) is 94.8 Å². The summed E-state index contributed by atoms with van der Waals surface area (Å²) < 4.78 is 28.1. The van der Waals surface area contributed by atoms with E-state index in [1.807, 2.05) is 6.92 Å². The van der Waals surface area contributed by atoms with Gasteiger partial charge in [-0.15, -0.1) is 5.10 Å². The number of anilines is 1. The summed E-state index contributed by atoms with van der Waals surface area (Å²) in [6, 6.07) is 16.3. The Balaban J connectivity index is 1.74. The molecule has 1 heterocycles. The van der Waals surface area contributed by atoms with Crippen LogP contribution in [0.4, 0.5) is 14.5 Å². The van der Waals surface area contributed by atoms with Gasteiger partial charge in [-0.05, 0) is 73.2 Å². The van der Waals surface area contributed by atoms with Gasteiger partial charge in [0.2, 0.25) is 5.82 Å². The molecular formula is C22H15ClF2N4O. The molecule has 8 heteroatoms. The van der Waals surface area contributed by atoms with Gasteiger partial charge in [0, 0.05) is 16.3 Å². The Kier molecular flexibility index (Phi) is 5.29. The number of benzene rings is 3. The molecule has 0 fully saturated rings. The summed E-state index contributed by atoms with van der Waals surface area (Å²) in [6.45, 7) is 1.86. The van der Waals surface area contributed by atoms with Crippen molar-refractivity contribution >= 4 is 23.2 Å². The van der Waals surface area contributed by atoms with Crippen molar-refractivity contribution in [1.82, 2.24) is 14.8 Å². The van der Waals surface area contributed by atoms with Crippen LogP contribution in [0.25, 0.3) is 17.1 Å². The molecule has 1 aromatic heterocycles. The number of aryl methyl sites for hydroxylation is 1. The third-order valence-corrected chi connectivity index (χ3v) is 4.82. The van der Waals surface area contributed by atoms with Crippen molar-refractivity contribution in [1.29, 1.82) is 0 Å². The number of carbonyl (C=O) groups is 1. The van der Waals surface area contributed by atoms with E-state index in [9.17, 15) is 13.6 Å². The second kappa shape index (κ2) is 8.04. The summed E-state index contributed by atoms with van der Waals surface area (Å²) in [5.41, 5.74) is 2.43. The SMILES string of the molecule is Cc1ccc(NC(=O)c2nc(-c3ccc(F)cc3)n(-c3ccc(F)cc3)n2)cc1Cl. The lowest BCUT2D eigenvalue weighted by atomic mass is 10.2. The molecule has 30 heavy (non-hydrogen) atoms. The Morgan fingerprint density at radius 1 is 0.967 bits per heavy atom. The minimum Gasteiger partial charge on any atom is -0.319 e. The third-order valence-electron chi connectivity index (χ3n) is 4.41. The van der Waals surface area contributed by atoms with Crippen LogP contribution in [-0.2, 0) is 0 Å². The quantitative estimate of drug-likeness (QED) is 0.475. The summed E-state index contributed by atoms with van der Waals surface area (Å²) in [4.78, 5) is 17.1. The molecule has 0 saturated heterocycles. The second-order valence-corrected chi connectivity index (χ2v) is 6.98. The molecule has 1 N–H and O–H groups in total. The molecule has 0 radical (unpaired) electrons. The van der Waals surface area contributed by atoms with Crippen molar-refractivity contribution in [2.45, 2.75) is 6.92 Å². The van der Waals surface area contributed by atoms with Crippen LogP contribution in [0.2, 0.25) is 5.02 Å². The highest BCUT2D eigenvalue weighted by Crippen LogP contribution is 2.23. The first kappa shape index (κ1) is 19.7. The predicted molar refractivity (Wildman–Crippen MR) is 111 cm³/mol. The van der Waals surface area contributed by atoms with Crippen molar-refractivity contribution in [2.75, 3.05) is 5.32 Å². The van der Waals surface area contributed by atoms with Crippen LogP contribution in [0.15, 0.2) is 66.7 Å². The van der Waals surface area contributed by atoms with Gasteiger partial charge in [0.1, 0.15) is 11.6 Å². The molecule has 0 aliphatic carbocycles. The van der Waals surface area contributed by atoms with Gasteiger partial charge < -0.3 is 5.32 Å². The molecule has 1 amide bonds. The van der Waals surface area contributed by atoms with E-state index in [0.29, 0.717) is 27.8 Å². The average molecular weight is 425 g/mol. The van der Waals surface area contributed by atoms with Crippen LogP contribution in [0.3, 0.4) is 0 Å². The summed E-state index contributed by atoms with van der Waals surface area (Å²) in [6.07, 6.45) is 0. The fourth-order valence-electron chi connectivity index (χ4n) is 2.81. The lowest BCUT2D eigenvalue weighted by molar-refractivity contribution is 0.101. The Labute approximate surface area is 176 Å². The summed E-state index contributed by atoms with van der Waals surface area (Å²) in [5, 5.41) is 7.51. The number of nitrogens with zero attached hydrogens (tertiary/aromatic N) is 3. The van der Waals surface area contributed by atoms with Crippen LogP contribution in [0.1, 0.15) is 16.2 Å². The Bertz CT molecular complexity index is 1160. The topological polar surface area (TPSA) is 59.8 Å². The van der Waals surface area contributed by atoms with Crippen molar-refractivity contribution in [3.63, 3.8) is 0 Å². The van der Waals surface area contributed by atoms with Gasteiger partial charge >= 0.3 is 0 Å². The Morgan fingerprint density at radius 2 is 1.60 bits per heavy atom. The Morgan fingerprint density at radius 3 is 2.23 bits per heavy atom. The van der Waals surface area contributed by atoms with E-state index in [2.05, 4.69) is 15.4 Å². The lowest BCUT2D eigenvalue weighted by Crippen LogP contribution is -2.14. The van der Waals surface area contributed by atoms with Crippen molar-refractivity contribution in [3.8, 4) is 17.1 Å². The molecule has 0 bridgehead atoms. The van der Waals surface area contributed by atoms with Crippen LogP contribution in [0.5, 0.6) is 0 Å². The summed E-state index contributed by atoms with van der Waals surface area (Å²) in [7, 11) is 0. The van der Waals surface area contributed by atoms with E-state index in [0.717, 1.165) is 5.56 Å². The number of hydrogen-bond donors (Lipinski definition) is 1. The van der Waals surface area contributed by atoms with Crippen LogP contribution in [-0.4, -0.2) is 20.7 Å². The molecule has 0 spiro atoms. The highest BCUT2D eigenvalue weighted by Gasteiger charge is 2.19. The summed E-state index contributed by atoms with van der Waals surface area (Å²) in [5.74, 6) is -1.14. The van der Waals surface area contributed by atoms with E-state index in [1.165, 1.54) is 53.2 Å². The standard InChI is InChI=1S/C22H15ClF2N4O/c1-13-2-9-17(12-19(13)23)26-22(30)20-27-21(14-3-5-15(24)6-4-14)29(28-20)18-10-7-16(25)8-11-18/h2-12H,1H3,(H,26,30). The minimum atomic E-state index is -0.542. The van der Waals surface area contributed by atoms with E-state index < -0.39 is 17.5 Å². The molecule has 5 nitrogen and oxygen atoms in total. The smallest absolute Gasteiger partial charge is 0.295 e. The maximum atomic E-state index is 13.3. The maximum Gasteiger partial charge on any atom is 0.295 e. The number of carbonyl (C=O) groups excluding carboxylic acids is 1. The number of hydrogen-bond acceptors (Lipinski definition) is 3. The molecule has 0 unspecified atom stereocenters. The monoisotopic (exact) mass is 424 g/mol. The first-order valence-electron chi connectivity index (χ1n) is 8.97. The number of rotatable bonds is 4. The van der Waals surface area contributed by atoms with Crippen molar-refractivity contribution < 1.29 is 13.6 Å². The summed E-state index contributed by atoms with van der Waals surface area (Å²) >= 11 is 6.11. The molecule has 0 aliphatic heterocycles. The maximum absolute atomic E-state index is 13.3. The van der Waals surface area contributed by atoms with Gasteiger partial charge in [-0.2, -0.15) is 0 Å². The lowest BCUT2D eigenvalue weighted by Gasteiger charge is -2.06. The number of halogens is 3. The third kappa shape index (κ3) is 4.06. The van der Waals surface area contributed by atoms with E-state index in [-0.39, 0.29) is 5.82 Å². The zero-order valence-electron chi connectivity index (χ0n) is 15.7. The predicted octanol–water partition coefficient (Wildman–Crippen LogP) is 5.43. The van der Waals surface area contributed by atoms with Crippen LogP contribution >= 0.6 is 11.6 Å². The molecule has 3 aromatic carbocycles. The highest BCUT2D eigenvalue weighted by molar-refractivity contribution is 6.31. The Hall–Kier alpha value is -3.58. The second-order valence-electron chi connectivity index (χ2n) is 6.57. The fraction of sp³-hybridized carbons (Fsp3) is 0.0455. The molecule has 4 rings (SSSR count). The molecule has 0 saturated carbocycles. The molecule has 4 aromatic rings. The van der Waals surface area contributed by atoms with E-state index >= 15 is 0 Å². The molecule has 150 valence electrons. The minimum absolute atomic E-state index is 0.102. The molecule has 0 atom stereocenters. The van der Waals surface area contributed by atoms with Gasteiger partial charge in [0.15, 0.2) is 5.82 Å². The number of amides is 1. The first-order valence-corrected chi connectivity index (χ1v) is 9.35. The van der Waals surface area contributed by atoms with Gasteiger partial charge in [-0.25, -0.2) is 18.4 Å². The van der Waals surface area contributed by atoms with Gasteiger partial charge in [0.05, 0.1) is 5.69 Å².